The zero-order chi connectivity index (χ0) is 24.9. The normalized spacial score (nSPS) is 25.9. The molecular formula is C29H37F3O3. The molecule has 1 unspecified atom stereocenters. The van der Waals surface area contributed by atoms with E-state index in [4.69, 9.17) is 9.47 Å². The van der Waals surface area contributed by atoms with Gasteiger partial charge in [-0.15, -0.1) is 0 Å². The predicted molar refractivity (Wildman–Crippen MR) is 130 cm³/mol. The first-order chi connectivity index (χ1) is 16.9. The first-order valence-corrected chi connectivity index (χ1v) is 13.1. The number of aliphatic hydroxyl groups excluding tert-OH is 1. The Hall–Kier alpha value is -2.05. The van der Waals surface area contributed by atoms with Crippen LogP contribution in [-0.2, 0) is 11.3 Å². The Balaban J connectivity index is 1.29. The molecule has 2 fully saturated rings. The van der Waals surface area contributed by atoms with Crippen molar-refractivity contribution in [3.05, 3.63) is 64.5 Å². The lowest BCUT2D eigenvalue weighted by Gasteiger charge is -2.31. The minimum Gasteiger partial charge on any atom is -0.494 e. The predicted octanol–water partition coefficient (Wildman–Crippen LogP) is 7.40. The van der Waals surface area contributed by atoms with Gasteiger partial charge in [-0.3, -0.25) is 0 Å². The third-order valence-electron chi connectivity index (χ3n) is 7.96. The molecule has 0 radical (unpaired) electrons. The molecule has 0 heterocycles. The fourth-order valence-corrected chi connectivity index (χ4v) is 5.79. The maximum absolute atomic E-state index is 14.9. The summed E-state index contributed by atoms with van der Waals surface area (Å²) in [6.45, 7) is 4.20. The van der Waals surface area contributed by atoms with Crippen molar-refractivity contribution < 1.29 is 27.8 Å². The summed E-state index contributed by atoms with van der Waals surface area (Å²) in [6, 6.07) is 8.42. The first-order valence-electron chi connectivity index (χ1n) is 13.1. The summed E-state index contributed by atoms with van der Waals surface area (Å²) in [7, 11) is 0. The standard InChI is InChI=1S/C29H37F3O3/c1-3-34-24-13-15-25(27(30)16-24)20-8-11-23(12-9-20)35-17-22-10-14-26(29(32)28(22)31)21-6-4-19(5-7-21)18(2)33/h10,13-16,18-21,23,33H,3-9,11-12,17H2,1-2H3. The van der Waals surface area contributed by atoms with Crippen LogP contribution in [0.1, 0.15) is 93.7 Å². The lowest BCUT2D eigenvalue weighted by atomic mass is 9.76. The number of benzene rings is 2. The molecule has 0 aromatic heterocycles. The van der Waals surface area contributed by atoms with Gasteiger partial charge in [0.15, 0.2) is 11.6 Å². The first kappa shape index (κ1) is 26.0. The number of aliphatic hydroxyl groups is 1. The largest absolute Gasteiger partial charge is 0.494 e. The number of hydrogen-bond acceptors (Lipinski definition) is 3. The molecule has 2 aliphatic rings. The van der Waals surface area contributed by atoms with Gasteiger partial charge in [-0.1, -0.05) is 18.2 Å². The molecule has 0 spiro atoms. The van der Waals surface area contributed by atoms with Crippen molar-refractivity contribution >= 4 is 0 Å². The highest BCUT2D eigenvalue weighted by molar-refractivity contribution is 5.32. The molecule has 0 bridgehead atoms. The van der Waals surface area contributed by atoms with E-state index in [1.165, 1.54) is 6.07 Å². The summed E-state index contributed by atoms with van der Waals surface area (Å²) in [5.41, 5.74) is 1.38. The second-order valence-corrected chi connectivity index (χ2v) is 10.2. The highest BCUT2D eigenvalue weighted by Crippen LogP contribution is 2.39. The minimum absolute atomic E-state index is 0.00672. The molecule has 2 aliphatic carbocycles. The molecule has 1 atom stereocenters. The Morgan fingerprint density at radius 1 is 0.857 bits per heavy atom. The molecule has 1 N–H and O–H groups in total. The summed E-state index contributed by atoms with van der Waals surface area (Å²) in [4.78, 5) is 0. The van der Waals surface area contributed by atoms with Crippen LogP contribution in [0.25, 0.3) is 0 Å². The summed E-state index contributed by atoms with van der Waals surface area (Å²) in [5.74, 6) is -0.911. The SMILES string of the molecule is CCOc1ccc(C2CCC(OCc3ccc(C4CCC(C(C)O)CC4)c(F)c3F)CC2)c(F)c1. The quantitative estimate of drug-likeness (QED) is 0.419. The summed E-state index contributed by atoms with van der Waals surface area (Å²) >= 11 is 0. The maximum atomic E-state index is 14.9. The van der Waals surface area contributed by atoms with E-state index in [1.54, 1.807) is 19.1 Å². The lowest BCUT2D eigenvalue weighted by Crippen LogP contribution is -2.23. The van der Waals surface area contributed by atoms with Gasteiger partial charge in [-0.05, 0) is 100 Å². The molecule has 192 valence electrons. The van der Waals surface area contributed by atoms with E-state index < -0.39 is 11.6 Å². The minimum atomic E-state index is -0.815. The highest BCUT2D eigenvalue weighted by Gasteiger charge is 2.29. The topological polar surface area (TPSA) is 38.7 Å². The van der Waals surface area contributed by atoms with Crippen LogP contribution in [-0.4, -0.2) is 23.9 Å². The molecular weight excluding hydrogens is 453 g/mol. The van der Waals surface area contributed by atoms with Crippen LogP contribution in [0.15, 0.2) is 30.3 Å². The van der Waals surface area contributed by atoms with Gasteiger partial charge in [0.1, 0.15) is 11.6 Å². The van der Waals surface area contributed by atoms with Crippen LogP contribution in [0.4, 0.5) is 13.2 Å². The van der Waals surface area contributed by atoms with Crippen LogP contribution in [0.5, 0.6) is 5.75 Å². The summed E-state index contributed by atoms with van der Waals surface area (Å²) in [5, 5.41) is 9.78. The van der Waals surface area contributed by atoms with Crippen molar-refractivity contribution in [2.45, 2.75) is 95.9 Å². The third kappa shape index (κ3) is 6.21. The van der Waals surface area contributed by atoms with E-state index in [1.807, 2.05) is 19.1 Å². The van der Waals surface area contributed by atoms with Gasteiger partial charge in [0.2, 0.25) is 0 Å². The fourth-order valence-electron chi connectivity index (χ4n) is 5.79. The van der Waals surface area contributed by atoms with Crippen LogP contribution < -0.4 is 4.74 Å². The van der Waals surface area contributed by atoms with Gasteiger partial charge >= 0.3 is 0 Å². The lowest BCUT2D eigenvalue weighted by molar-refractivity contribution is 0.0116. The number of hydrogen-bond donors (Lipinski definition) is 1. The number of rotatable bonds is 8. The number of halogens is 3. The Morgan fingerprint density at radius 3 is 2.11 bits per heavy atom. The fraction of sp³-hybridized carbons (Fsp3) is 0.586. The van der Waals surface area contributed by atoms with Crippen molar-refractivity contribution in [2.24, 2.45) is 5.92 Å². The van der Waals surface area contributed by atoms with Crippen molar-refractivity contribution in [1.82, 2.24) is 0 Å². The van der Waals surface area contributed by atoms with Gasteiger partial charge in [-0.2, -0.15) is 0 Å². The van der Waals surface area contributed by atoms with Crippen LogP contribution >= 0.6 is 0 Å². The zero-order valence-electron chi connectivity index (χ0n) is 20.7. The van der Waals surface area contributed by atoms with E-state index in [9.17, 15) is 18.3 Å². The second kappa shape index (κ2) is 11.8. The van der Waals surface area contributed by atoms with Gasteiger partial charge in [0.05, 0.1) is 25.4 Å². The maximum Gasteiger partial charge on any atom is 0.164 e. The van der Waals surface area contributed by atoms with Crippen LogP contribution in [0.3, 0.4) is 0 Å². The molecule has 0 amide bonds. The average Bonchev–Trinajstić information content (AvgIpc) is 2.86. The summed E-state index contributed by atoms with van der Waals surface area (Å²) < 4.78 is 55.6. The van der Waals surface area contributed by atoms with Crippen molar-refractivity contribution in [1.29, 1.82) is 0 Å². The van der Waals surface area contributed by atoms with E-state index in [0.29, 0.717) is 23.5 Å². The molecule has 0 aliphatic heterocycles. The van der Waals surface area contributed by atoms with Crippen LogP contribution in [0.2, 0.25) is 0 Å². The van der Waals surface area contributed by atoms with E-state index in [2.05, 4.69) is 0 Å². The Morgan fingerprint density at radius 2 is 1.49 bits per heavy atom. The number of ether oxygens (including phenoxy) is 2. The highest BCUT2D eigenvalue weighted by atomic mass is 19.2. The van der Waals surface area contributed by atoms with Crippen molar-refractivity contribution in [2.75, 3.05) is 6.61 Å². The molecule has 4 rings (SSSR count). The molecule has 2 aromatic rings. The molecule has 3 nitrogen and oxygen atoms in total. The molecule has 0 saturated heterocycles. The van der Waals surface area contributed by atoms with Gasteiger partial charge in [0, 0.05) is 11.6 Å². The van der Waals surface area contributed by atoms with Crippen molar-refractivity contribution in [3.63, 3.8) is 0 Å². The Labute approximate surface area is 206 Å². The summed E-state index contributed by atoms with van der Waals surface area (Å²) in [6.07, 6.45) is 5.88. The smallest absolute Gasteiger partial charge is 0.164 e. The van der Waals surface area contributed by atoms with E-state index in [0.717, 1.165) is 51.4 Å². The van der Waals surface area contributed by atoms with Gasteiger partial charge in [-0.25, -0.2) is 13.2 Å². The van der Waals surface area contributed by atoms with Crippen LogP contribution in [0, 0.1) is 23.4 Å². The molecule has 2 saturated carbocycles. The monoisotopic (exact) mass is 490 g/mol. The molecule has 6 heteroatoms. The Kier molecular flexibility index (Phi) is 8.77. The average molecular weight is 491 g/mol. The molecule has 2 aromatic carbocycles. The van der Waals surface area contributed by atoms with Gasteiger partial charge < -0.3 is 14.6 Å². The van der Waals surface area contributed by atoms with E-state index in [-0.39, 0.29) is 47.9 Å². The third-order valence-corrected chi connectivity index (χ3v) is 7.96. The van der Waals surface area contributed by atoms with Gasteiger partial charge in [0.25, 0.3) is 0 Å². The van der Waals surface area contributed by atoms with Crippen molar-refractivity contribution in [3.8, 4) is 5.75 Å². The zero-order valence-corrected chi connectivity index (χ0v) is 20.7. The van der Waals surface area contributed by atoms with E-state index >= 15 is 0 Å². The Bertz CT molecular complexity index is 977. The molecule has 35 heavy (non-hydrogen) atoms. The second-order valence-electron chi connectivity index (χ2n) is 10.2.